The van der Waals surface area contributed by atoms with Crippen molar-refractivity contribution in [3.63, 3.8) is 0 Å². The van der Waals surface area contributed by atoms with Crippen LogP contribution in [0.2, 0.25) is 0 Å². The van der Waals surface area contributed by atoms with Gasteiger partial charge in [-0.25, -0.2) is 4.39 Å². The lowest BCUT2D eigenvalue weighted by molar-refractivity contribution is 0.1000. The Hall–Kier alpha value is -1.42. The van der Waals surface area contributed by atoms with Crippen molar-refractivity contribution in [2.24, 2.45) is 17.6 Å². The van der Waals surface area contributed by atoms with Crippen LogP contribution in [0.25, 0.3) is 0 Å². The molecule has 3 N–H and O–H groups in total. The molecule has 0 heterocycles. The fraction of sp³-hybridized carbons (Fsp3) is 0.588. The first-order valence-electron chi connectivity index (χ1n) is 7.85. The highest BCUT2D eigenvalue weighted by Crippen LogP contribution is 2.29. The molecule has 21 heavy (non-hydrogen) atoms. The maximum atomic E-state index is 13.8. The zero-order valence-corrected chi connectivity index (χ0v) is 12.7. The lowest BCUT2D eigenvalue weighted by Crippen LogP contribution is -2.21. The molecule has 1 fully saturated rings. The number of carbonyl (C=O) groups is 1. The fourth-order valence-corrected chi connectivity index (χ4v) is 2.99. The summed E-state index contributed by atoms with van der Waals surface area (Å²) in [5.41, 5.74) is 5.92. The van der Waals surface area contributed by atoms with Gasteiger partial charge in [0.15, 0.2) is 0 Å². The van der Waals surface area contributed by atoms with Gasteiger partial charge >= 0.3 is 0 Å². The summed E-state index contributed by atoms with van der Waals surface area (Å²) >= 11 is 0. The summed E-state index contributed by atoms with van der Waals surface area (Å²) in [6, 6.07) is 4.41. The Balaban J connectivity index is 1.72. The molecule has 116 valence electrons. The third kappa shape index (κ3) is 4.81. The number of nitrogens with two attached hydrogens (primary N) is 1. The van der Waals surface area contributed by atoms with E-state index in [9.17, 15) is 9.18 Å². The number of rotatable bonds is 6. The lowest BCUT2D eigenvalue weighted by Gasteiger charge is -2.26. The quantitative estimate of drug-likeness (QED) is 0.791. The number of hydrogen-bond donors (Lipinski definition) is 2. The van der Waals surface area contributed by atoms with Gasteiger partial charge in [0.25, 0.3) is 0 Å². The van der Waals surface area contributed by atoms with Crippen LogP contribution < -0.4 is 11.1 Å². The molecule has 3 nitrogen and oxygen atoms in total. The van der Waals surface area contributed by atoms with Gasteiger partial charge in [-0.2, -0.15) is 0 Å². The number of primary amides is 1. The summed E-state index contributed by atoms with van der Waals surface area (Å²) in [5.74, 6) is 0.730. The average Bonchev–Trinajstić information content (AvgIpc) is 2.46. The lowest BCUT2D eigenvalue weighted by atomic mass is 9.81. The molecule has 0 saturated heterocycles. The van der Waals surface area contributed by atoms with Gasteiger partial charge in [0.05, 0.1) is 0 Å². The topological polar surface area (TPSA) is 55.1 Å². The summed E-state index contributed by atoms with van der Waals surface area (Å²) in [5, 5.41) is 3.29. The Bertz CT molecular complexity index is 482. The predicted molar refractivity (Wildman–Crippen MR) is 82.4 cm³/mol. The van der Waals surface area contributed by atoms with Crippen molar-refractivity contribution >= 4 is 5.91 Å². The Kier molecular flexibility index (Phi) is 5.74. The van der Waals surface area contributed by atoms with Crippen LogP contribution in [0, 0.1) is 17.7 Å². The minimum atomic E-state index is -0.597. The summed E-state index contributed by atoms with van der Waals surface area (Å²) in [7, 11) is 0. The number of halogens is 1. The monoisotopic (exact) mass is 292 g/mol. The van der Waals surface area contributed by atoms with Crippen LogP contribution in [0.15, 0.2) is 18.2 Å². The molecular weight excluding hydrogens is 267 g/mol. The molecule has 0 aliphatic heterocycles. The van der Waals surface area contributed by atoms with Gasteiger partial charge in [0.1, 0.15) is 5.82 Å². The first kappa shape index (κ1) is 16.0. The van der Waals surface area contributed by atoms with E-state index in [1.165, 1.54) is 31.7 Å². The maximum absolute atomic E-state index is 13.8. The standard InChI is InChI=1S/C17H25FN2O/c1-12-2-4-13(5-3-12)8-9-20-11-15-7-6-14(17(19)21)10-16(15)18/h6-7,10,12-13,20H,2-5,8-9,11H2,1H3,(H2,19,21). The minimum absolute atomic E-state index is 0.215. The van der Waals surface area contributed by atoms with Crippen molar-refractivity contribution < 1.29 is 9.18 Å². The van der Waals surface area contributed by atoms with Crippen molar-refractivity contribution in [3.05, 3.63) is 35.1 Å². The first-order valence-corrected chi connectivity index (χ1v) is 7.85. The first-order chi connectivity index (χ1) is 10.1. The van der Waals surface area contributed by atoms with E-state index in [4.69, 9.17) is 5.73 Å². The van der Waals surface area contributed by atoms with E-state index in [2.05, 4.69) is 12.2 Å². The van der Waals surface area contributed by atoms with Gasteiger partial charge in [-0.05, 0) is 36.9 Å². The smallest absolute Gasteiger partial charge is 0.248 e. The third-order valence-electron chi connectivity index (χ3n) is 4.52. The van der Waals surface area contributed by atoms with E-state index in [0.717, 1.165) is 24.8 Å². The van der Waals surface area contributed by atoms with Crippen molar-refractivity contribution in [1.29, 1.82) is 0 Å². The molecule has 1 aromatic carbocycles. The van der Waals surface area contributed by atoms with Gasteiger partial charge in [-0.1, -0.05) is 38.7 Å². The van der Waals surface area contributed by atoms with Crippen LogP contribution in [-0.4, -0.2) is 12.5 Å². The van der Waals surface area contributed by atoms with Gasteiger partial charge in [0.2, 0.25) is 5.91 Å². The molecule has 0 spiro atoms. The molecule has 2 rings (SSSR count). The Morgan fingerprint density at radius 2 is 2.05 bits per heavy atom. The predicted octanol–water partition coefficient (Wildman–Crippen LogP) is 3.23. The summed E-state index contributed by atoms with van der Waals surface area (Å²) in [6.45, 7) is 3.73. The van der Waals surface area contributed by atoms with Crippen molar-refractivity contribution in [2.45, 2.75) is 45.6 Å². The molecule has 1 saturated carbocycles. The van der Waals surface area contributed by atoms with Crippen LogP contribution in [0.4, 0.5) is 4.39 Å². The van der Waals surface area contributed by atoms with E-state index in [-0.39, 0.29) is 11.4 Å². The second-order valence-corrected chi connectivity index (χ2v) is 6.26. The SMILES string of the molecule is CC1CCC(CCNCc2ccc(C(N)=O)cc2F)CC1. The number of hydrogen-bond acceptors (Lipinski definition) is 2. The second-order valence-electron chi connectivity index (χ2n) is 6.26. The van der Waals surface area contributed by atoms with Crippen LogP contribution in [0.3, 0.4) is 0 Å². The maximum Gasteiger partial charge on any atom is 0.248 e. The number of amides is 1. The van der Waals surface area contributed by atoms with Gasteiger partial charge < -0.3 is 11.1 Å². The van der Waals surface area contributed by atoms with Crippen molar-refractivity contribution in [3.8, 4) is 0 Å². The average molecular weight is 292 g/mol. The van der Waals surface area contributed by atoms with Crippen molar-refractivity contribution in [1.82, 2.24) is 5.32 Å². The van der Waals surface area contributed by atoms with E-state index in [1.54, 1.807) is 12.1 Å². The Morgan fingerprint density at radius 3 is 2.67 bits per heavy atom. The van der Waals surface area contributed by atoms with Crippen LogP contribution >= 0.6 is 0 Å². The molecule has 0 unspecified atom stereocenters. The number of benzene rings is 1. The second kappa shape index (κ2) is 7.55. The molecular formula is C17H25FN2O. The van der Waals surface area contributed by atoms with Gasteiger partial charge in [-0.15, -0.1) is 0 Å². The Morgan fingerprint density at radius 1 is 1.33 bits per heavy atom. The normalized spacial score (nSPS) is 22.2. The minimum Gasteiger partial charge on any atom is -0.366 e. The van der Waals surface area contributed by atoms with Gasteiger partial charge in [0, 0.05) is 17.7 Å². The van der Waals surface area contributed by atoms with Crippen molar-refractivity contribution in [2.75, 3.05) is 6.54 Å². The molecule has 0 radical (unpaired) electrons. The zero-order valence-electron chi connectivity index (χ0n) is 12.7. The third-order valence-corrected chi connectivity index (χ3v) is 4.52. The molecule has 1 amide bonds. The zero-order chi connectivity index (χ0) is 15.2. The number of nitrogens with one attached hydrogen (secondary N) is 1. The van der Waals surface area contributed by atoms with Gasteiger partial charge in [-0.3, -0.25) is 4.79 Å². The summed E-state index contributed by atoms with van der Waals surface area (Å²) in [6.07, 6.45) is 6.49. The molecule has 1 aromatic rings. The largest absolute Gasteiger partial charge is 0.366 e. The van der Waals surface area contributed by atoms with Crippen LogP contribution in [0.5, 0.6) is 0 Å². The highest BCUT2D eigenvalue weighted by Gasteiger charge is 2.17. The van der Waals surface area contributed by atoms with E-state index in [0.29, 0.717) is 12.1 Å². The Labute approximate surface area is 126 Å². The highest BCUT2D eigenvalue weighted by atomic mass is 19.1. The molecule has 0 bridgehead atoms. The number of carbonyl (C=O) groups excluding carboxylic acids is 1. The van der Waals surface area contributed by atoms with E-state index >= 15 is 0 Å². The van der Waals surface area contributed by atoms with Crippen LogP contribution in [-0.2, 0) is 6.54 Å². The van der Waals surface area contributed by atoms with E-state index in [1.807, 2.05) is 0 Å². The molecule has 4 heteroatoms. The molecule has 0 atom stereocenters. The molecule has 0 aromatic heterocycles. The molecule has 1 aliphatic carbocycles. The summed E-state index contributed by atoms with van der Waals surface area (Å²) in [4.78, 5) is 11.0. The summed E-state index contributed by atoms with van der Waals surface area (Å²) < 4.78 is 13.8. The highest BCUT2D eigenvalue weighted by molar-refractivity contribution is 5.92. The van der Waals surface area contributed by atoms with Crippen LogP contribution in [0.1, 0.15) is 54.9 Å². The fourth-order valence-electron chi connectivity index (χ4n) is 2.99. The molecule has 1 aliphatic rings. The van der Waals surface area contributed by atoms with E-state index < -0.39 is 5.91 Å².